The SMILES string of the molecule is Cc1cc(SCC2CCC2)ccc1N. The Morgan fingerprint density at radius 1 is 1.43 bits per heavy atom. The largest absolute Gasteiger partial charge is 0.399 e. The Morgan fingerprint density at radius 2 is 2.21 bits per heavy atom. The molecule has 0 amide bonds. The molecule has 2 N–H and O–H groups in total. The Morgan fingerprint density at radius 3 is 2.79 bits per heavy atom. The number of hydrogen-bond donors (Lipinski definition) is 1. The summed E-state index contributed by atoms with van der Waals surface area (Å²) in [6.07, 6.45) is 4.30. The third-order valence-electron chi connectivity index (χ3n) is 2.95. The number of thioether (sulfide) groups is 1. The van der Waals surface area contributed by atoms with Gasteiger partial charge in [-0.2, -0.15) is 0 Å². The molecule has 0 radical (unpaired) electrons. The van der Waals surface area contributed by atoms with Crippen LogP contribution in [0.4, 0.5) is 5.69 Å². The second-order valence-electron chi connectivity index (χ2n) is 4.13. The molecule has 76 valence electrons. The molecule has 0 bridgehead atoms. The van der Waals surface area contributed by atoms with Gasteiger partial charge in [0.1, 0.15) is 0 Å². The minimum Gasteiger partial charge on any atom is -0.399 e. The molecule has 1 aliphatic rings. The van der Waals surface area contributed by atoms with E-state index in [2.05, 4.69) is 19.1 Å². The van der Waals surface area contributed by atoms with Crippen LogP contribution in [0.25, 0.3) is 0 Å². The van der Waals surface area contributed by atoms with Crippen LogP contribution in [0.3, 0.4) is 0 Å². The molecule has 0 unspecified atom stereocenters. The molecule has 1 aromatic carbocycles. The van der Waals surface area contributed by atoms with E-state index < -0.39 is 0 Å². The first-order valence-corrected chi connectivity index (χ1v) is 6.23. The number of rotatable bonds is 3. The molecule has 1 aliphatic carbocycles. The molecule has 1 aromatic rings. The van der Waals surface area contributed by atoms with Crippen molar-refractivity contribution in [2.75, 3.05) is 11.5 Å². The van der Waals surface area contributed by atoms with Crippen molar-refractivity contribution < 1.29 is 0 Å². The summed E-state index contributed by atoms with van der Waals surface area (Å²) >= 11 is 1.97. The molecule has 14 heavy (non-hydrogen) atoms. The van der Waals surface area contributed by atoms with Crippen LogP contribution in [0, 0.1) is 12.8 Å². The third kappa shape index (κ3) is 2.24. The van der Waals surface area contributed by atoms with Gasteiger partial charge < -0.3 is 5.73 Å². The minimum atomic E-state index is 0.901. The fourth-order valence-electron chi connectivity index (χ4n) is 1.61. The zero-order valence-corrected chi connectivity index (χ0v) is 9.44. The lowest BCUT2D eigenvalue weighted by Crippen LogP contribution is -2.13. The minimum absolute atomic E-state index is 0.901. The monoisotopic (exact) mass is 207 g/mol. The summed E-state index contributed by atoms with van der Waals surface area (Å²) in [4.78, 5) is 1.36. The average Bonchev–Trinajstić information content (AvgIpc) is 2.08. The number of aryl methyl sites for hydroxylation is 1. The lowest BCUT2D eigenvalue weighted by atomic mass is 9.87. The van der Waals surface area contributed by atoms with E-state index in [1.165, 1.54) is 35.5 Å². The zero-order valence-electron chi connectivity index (χ0n) is 8.62. The quantitative estimate of drug-likeness (QED) is 0.606. The van der Waals surface area contributed by atoms with Gasteiger partial charge in [0.2, 0.25) is 0 Å². The van der Waals surface area contributed by atoms with Crippen molar-refractivity contribution in [3.63, 3.8) is 0 Å². The van der Waals surface area contributed by atoms with Crippen LogP contribution in [-0.2, 0) is 0 Å². The summed E-state index contributed by atoms with van der Waals surface area (Å²) in [6, 6.07) is 6.34. The Hall–Kier alpha value is -0.630. The van der Waals surface area contributed by atoms with Gasteiger partial charge in [-0.3, -0.25) is 0 Å². The van der Waals surface area contributed by atoms with Gasteiger partial charge in [0.15, 0.2) is 0 Å². The van der Waals surface area contributed by atoms with Crippen molar-refractivity contribution in [1.82, 2.24) is 0 Å². The van der Waals surface area contributed by atoms with Crippen molar-refractivity contribution in [2.24, 2.45) is 5.92 Å². The second kappa shape index (κ2) is 4.26. The van der Waals surface area contributed by atoms with Crippen LogP contribution in [0.1, 0.15) is 24.8 Å². The first-order valence-electron chi connectivity index (χ1n) is 5.24. The summed E-state index contributed by atoms with van der Waals surface area (Å²) in [5.41, 5.74) is 7.87. The predicted octanol–water partition coefficient (Wildman–Crippen LogP) is 3.47. The van der Waals surface area contributed by atoms with Gasteiger partial charge in [0, 0.05) is 16.3 Å². The molecule has 2 heteroatoms. The number of nitrogens with two attached hydrogens (primary N) is 1. The molecular formula is C12H17NS. The van der Waals surface area contributed by atoms with E-state index in [9.17, 15) is 0 Å². The second-order valence-corrected chi connectivity index (χ2v) is 5.22. The summed E-state index contributed by atoms with van der Waals surface area (Å²) in [6.45, 7) is 2.07. The highest BCUT2D eigenvalue weighted by Crippen LogP contribution is 2.33. The zero-order chi connectivity index (χ0) is 9.97. The summed E-state index contributed by atoms with van der Waals surface area (Å²) in [7, 11) is 0. The Bertz CT molecular complexity index is 318. The van der Waals surface area contributed by atoms with Gasteiger partial charge in [-0.1, -0.05) is 6.42 Å². The van der Waals surface area contributed by atoms with E-state index in [0.29, 0.717) is 0 Å². The predicted molar refractivity (Wildman–Crippen MR) is 63.7 cm³/mol. The maximum atomic E-state index is 5.77. The highest BCUT2D eigenvalue weighted by molar-refractivity contribution is 7.99. The van der Waals surface area contributed by atoms with Crippen LogP contribution in [-0.4, -0.2) is 5.75 Å². The Kier molecular flexibility index (Phi) is 3.02. The molecule has 1 saturated carbocycles. The van der Waals surface area contributed by atoms with E-state index in [-0.39, 0.29) is 0 Å². The van der Waals surface area contributed by atoms with Crippen molar-refractivity contribution in [2.45, 2.75) is 31.1 Å². The van der Waals surface area contributed by atoms with Crippen molar-refractivity contribution in [1.29, 1.82) is 0 Å². The molecule has 1 fully saturated rings. The molecule has 1 nitrogen and oxygen atoms in total. The number of nitrogen functional groups attached to an aromatic ring is 1. The van der Waals surface area contributed by atoms with E-state index >= 15 is 0 Å². The number of anilines is 1. The Balaban J connectivity index is 1.91. The summed E-state index contributed by atoms with van der Waals surface area (Å²) in [5, 5.41) is 0. The normalized spacial score (nSPS) is 16.6. The number of hydrogen-bond acceptors (Lipinski definition) is 2. The first kappa shape index (κ1) is 9.91. The summed E-state index contributed by atoms with van der Waals surface area (Å²) in [5.74, 6) is 2.25. The van der Waals surface area contributed by atoms with Crippen LogP contribution in [0.15, 0.2) is 23.1 Å². The molecule has 2 rings (SSSR count). The first-order chi connectivity index (χ1) is 6.75. The summed E-state index contributed by atoms with van der Waals surface area (Å²) < 4.78 is 0. The topological polar surface area (TPSA) is 26.0 Å². The van der Waals surface area contributed by atoms with Crippen molar-refractivity contribution in [3.8, 4) is 0 Å². The lowest BCUT2D eigenvalue weighted by molar-refractivity contribution is 0.353. The number of benzene rings is 1. The Labute approximate surface area is 90.1 Å². The molecule has 0 aromatic heterocycles. The molecule has 0 spiro atoms. The highest BCUT2D eigenvalue weighted by atomic mass is 32.2. The maximum absolute atomic E-state index is 5.77. The van der Waals surface area contributed by atoms with E-state index in [1.807, 2.05) is 17.8 Å². The van der Waals surface area contributed by atoms with E-state index in [1.54, 1.807) is 0 Å². The van der Waals surface area contributed by atoms with Crippen LogP contribution < -0.4 is 5.73 Å². The van der Waals surface area contributed by atoms with Gasteiger partial charge in [-0.25, -0.2) is 0 Å². The van der Waals surface area contributed by atoms with Crippen LogP contribution in [0.2, 0.25) is 0 Å². The standard InChI is InChI=1S/C12H17NS/c1-9-7-11(5-6-12(9)13)14-8-10-3-2-4-10/h5-7,10H,2-4,8,13H2,1H3. The van der Waals surface area contributed by atoms with Crippen molar-refractivity contribution >= 4 is 17.4 Å². The smallest absolute Gasteiger partial charge is 0.0344 e. The molecule has 0 aliphatic heterocycles. The van der Waals surface area contributed by atoms with E-state index in [4.69, 9.17) is 5.73 Å². The van der Waals surface area contributed by atoms with Gasteiger partial charge in [-0.05, 0) is 49.4 Å². The third-order valence-corrected chi connectivity index (χ3v) is 4.18. The molecule has 0 atom stereocenters. The lowest BCUT2D eigenvalue weighted by Gasteiger charge is -2.24. The van der Waals surface area contributed by atoms with Crippen molar-refractivity contribution in [3.05, 3.63) is 23.8 Å². The molecular weight excluding hydrogens is 190 g/mol. The highest BCUT2D eigenvalue weighted by Gasteiger charge is 2.17. The van der Waals surface area contributed by atoms with Crippen LogP contribution in [0.5, 0.6) is 0 Å². The van der Waals surface area contributed by atoms with Gasteiger partial charge in [0.25, 0.3) is 0 Å². The van der Waals surface area contributed by atoms with E-state index in [0.717, 1.165) is 11.6 Å². The van der Waals surface area contributed by atoms with Gasteiger partial charge in [-0.15, -0.1) is 11.8 Å². The fraction of sp³-hybridized carbons (Fsp3) is 0.500. The fourth-order valence-corrected chi connectivity index (χ4v) is 2.80. The average molecular weight is 207 g/mol. The molecule has 0 saturated heterocycles. The van der Waals surface area contributed by atoms with Gasteiger partial charge in [0.05, 0.1) is 0 Å². The van der Waals surface area contributed by atoms with Gasteiger partial charge >= 0.3 is 0 Å². The molecule has 0 heterocycles. The maximum Gasteiger partial charge on any atom is 0.0344 e. The van der Waals surface area contributed by atoms with Crippen LogP contribution >= 0.6 is 11.8 Å².